The highest BCUT2D eigenvalue weighted by molar-refractivity contribution is 5.93. The zero-order valence-corrected chi connectivity index (χ0v) is 15.1. The lowest BCUT2D eigenvalue weighted by atomic mass is 9.98. The first-order valence-electron chi connectivity index (χ1n) is 9.27. The predicted octanol–water partition coefficient (Wildman–Crippen LogP) is 1.09. The van der Waals surface area contributed by atoms with Crippen molar-refractivity contribution in [3.63, 3.8) is 0 Å². The maximum absolute atomic E-state index is 12.6. The topological polar surface area (TPSA) is 87.3 Å². The second-order valence-electron chi connectivity index (χ2n) is 7.14. The van der Waals surface area contributed by atoms with E-state index in [-0.39, 0.29) is 23.1 Å². The second-order valence-corrected chi connectivity index (χ2v) is 7.14. The summed E-state index contributed by atoms with van der Waals surface area (Å²) < 4.78 is 5.46. The lowest BCUT2D eigenvalue weighted by molar-refractivity contribution is 0.0405. The van der Waals surface area contributed by atoms with E-state index in [1.807, 2.05) is 0 Å². The van der Waals surface area contributed by atoms with Gasteiger partial charge in [0.15, 0.2) is 0 Å². The summed E-state index contributed by atoms with van der Waals surface area (Å²) in [4.78, 5) is 33.7. The Balaban J connectivity index is 1.68. The molecular formula is C18H28N4O3. The van der Waals surface area contributed by atoms with Gasteiger partial charge in [0.05, 0.1) is 0 Å². The molecule has 3 heterocycles. The highest BCUT2D eigenvalue weighted by Gasteiger charge is 2.37. The van der Waals surface area contributed by atoms with Crippen molar-refractivity contribution in [1.29, 1.82) is 0 Å². The van der Waals surface area contributed by atoms with E-state index in [9.17, 15) is 9.59 Å². The van der Waals surface area contributed by atoms with Gasteiger partial charge in [-0.3, -0.25) is 14.5 Å². The maximum atomic E-state index is 12.6. The molecule has 7 nitrogen and oxygen atoms in total. The molecular weight excluding hydrogens is 320 g/mol. The average molecular weight is 348 g/mol. The van der Waals surface area contributed by atoms with E-state index in [1.54, 1.807) is 6.92 Å². The lowest BCUT2D eigenvalue weighted by Crippen LogP contribution is -2.44. The van der Waals surface area contributed by atoms with Gasteiger partial charge in [0.2, 0.25) is 0 Å². The van der Waals surface area contributed by atoms with Gasteiger partial charge in [-0.1, -0.05) is 13.3 Å². The number of hydrogen-bond donors (Lipinski definition) is 2. The van der Waals surface area contributed by atoms with Crippen molar-refractivity contribution in [3.8, 4) is 0 Å². The van der Waals surface area contributed by atoms with Crippen LogP contribution in [0.2, 0.25) is 0 Å². The predicted molar refractivity (Wildman–Crippen MR) is 94.7 cm³/mol. The van der Waals surface area contributed by atoms with Crippen LogP contribution in [0.5, 0.6) is 0 Å². The molecule has 0 aromatic carbocycles. The van der Waals surface area contributed by atoms with E-state index in [1.165, 1.54) is 6.20 Å². The number of aryl methyl sites for hydroxylation is 1. The van der Waals surface area contributed by atoms with Crippen LogP contribution in [0.4, 0.5) is 0 Å². The van der Waals surface area contributed by atoms with Gasteiger partial charge in [-0.05, 0) is 32.1 Å². The molecule has 2 saturated heterocycles. The Hall–Kier alpha value is -1.73. The molecule has 2 N–H and O–H groups in total. The van der Waals surface area contributed by atoms with Crippen LogP contribution in [0.25, 0.3) is 0 Å². The molecule has 3 rings (SSSR count). The molecule has 0 bridgehead atoms. The van der Waals surface area contributed by atoms with E-state index >= 15 is 0 Å². The van der Waals surface area contributed by atoms with Gasteiger partial charge in [0, 0.05) is 44.6 Å². The van der Waals surface area contributed by atoms with Crippen molar-refractivity contribution in [3.05, 3.63) is 27.9 Å². The Morgan fingerprint density at radius 3 is 2.84 bits per heavy atom. The summed E-state index contributed by atoms with van der Waals surface area (Å²) in [5.41, 5.74) is -0.290. The summed E-state index contributed by atoms with van der Waals surface area (Å²) in [7, 11) is 0. The molecule has 2 atom stereocenters. The molecule has 0 saturated carbocycles. The number of ether oxygens (including phenoxy) is 1. The van der Waals surface area contributed by atoms with E-state index in [2.05, 4.69) is 27.1 Å². The van der Waals surface area contributed by atoms with E-state index in [0.29, 0.717) is 17.8 Å². The summed E-state index contributed by atoms with van der Waals surface area (Å²) >= 11 is 0. The molecule has 138 valence electrons. The van der Waals surface area contributed by atoms with Crippen LogP contribution in [-0.2, 0) is 4.74 Å². The number of aromatic amines is 1. The van der Waals surface area contributed by atoms with Crippen LogP contribution in [0.3, 0.4) is 0 Å². The van der Waals surface area contributed by atoms with Crippen LogP contribution >= 0.6 is 0 Å². The van der Waals surface area contributed by atoms with Gasteiger partial charge >= 0.3 is 0 Å². The number of nitrogens with zero attached hydrogens (tertiary/aromatic N) is 2. The number of amides is 1. The third-order valence-corrected chi connectivity index (χ3v) is 5.32. The van der Waals surface area contributed by atoms with Gasteiger partial charge in [-0.2, -0.15) is 0 Å². The van der Waals surface area contributed by atoms with Gasteiger partial charge in [-0.15, -0.1) is 0 Å². The quantitative estimate of drug-likeness (QED) is 0.832. The highest BCUT2D eigenvalue weighted by Crippen LogP contribution is 2.27. The van der Waals surface area contributed by atoms with Crippen LogP contribution < -0.4 is 10.9 Å². The molecule has 25 heavy (non-hydrogen) atoms. The maximum Gasteiger partial charge on any atom is 0.263 e. The van der Waals surface area contributed by atoms with E-state index in [4.69, 9.17) is 4.74 Å². The Morgan fingerprint density at radius 1 is 1.40 bits per heavy atom. The molecule has 2 fully saturated rings. The van der Waals surface area contributed by atoms with Crippen LogP contribution in [0.15, 0.2) is 11.0 Å². The summed E-state index contributed by atoms with van der Waals surface area (Å²) in [6.45, 7) is 7.36. The van der Waals surface area contributed by atoms with Gasteiger partial charge < -0.3 is 15.0 Å². The molecule has 1 aromatic heterocycles. The van der Waals surface area contributed by atoms with Gasteiger partial charge in [-0.25, -0.2) is 4.98 Å². The first kappa shape index (κ1) is 18.1. The standard InChI is InChI=1S/C18H28N4O3/c1-3-4-13-10-22(14-5-7-25-8-6-14)11-16(13)21-18(24)15-9-19-12(2)20-17(15)23/h9,13-14,16H,3-8,10-11H2,1-2H3,(H,21,24)(H,19,20,23)/t13-,16-/m0/s1. The number of hydrogen-bond acceptors (Lipinski definition) is 5. The van der Waals surface area contributed by atoms with Crippen molar-refractivity contribution in [2.24, 2.45) is 5.92 Å². The zero-order valence-electron chi connectivity index (χ0n) is 15.1. The van der Waals surface area contributed by atoms with Crippen molar-refractivity contribution in [2.75, 3.05) is 26.3 Å². The first-order valence-corrected chi connectivity index (χ1v) is 9.27. The third-order valence-electron chi connectivity index (χ3n) is 5.32. The van der Waals surface area contributed by atoms with Crippen molar-refractivity contribution in [1.82, 2.24) is 20.2 Å². The Labute approximate surface area is 148 Å². The number of H-pyrrole nitrogens is 1. The number of rotatable bonds is 5. The number of likely N-dealkylation sites (tertiary alicyclic amines) is 1. The van der Waals surface area contributed by atoms with Gasteiger partial charge in [0.25, 0.3) is 11.5 Å². The number of carbonyl (C=O) groups excluding carboxylic acids is 1. The first-order chi connectivity index (χ1) is 12.1. The minimum atomic E-state index is -0.378. The Bertz CT molecular complexity index is 654. The Morgan fingerprint density at radius 2 is 2.16 bits per heavy atom. The third kappa shape index (κ3) is 4.27. The SMILES string of the molecule is CCC[C@H]1CN(C2CCOCC2)C[C@@H]1NC(=O)c1cnc(C)[nH]c1=O. The number of aromatic nitrogens is 2. The molecule has 7 heteroatoms. The minimum Gasteiger partial charge on any atom is -0.381 e. The molecule has 0 radical (unpaired) electrons. The highest BCUT2D eigenvalue weighted by atomic mass is 16.5. The molecule has 0 spiro atoms. The molecule has 0 aliphatic carbocycles. The van der Waals surface area contributed by atoms with Gasteiger partial charge in [0.1, 0.15) is 11.4 Å². The summed E-state index contributed by atoms with van der Waals surface area (Å²) in [6, 6.07) is 0.621. The summed E-state index contributed by atoms with van der Waals surface area (Å²) in [5, 5.41) is 3.09. The molecule has 0 unspecified atom stereocenters. The summed E-state index contributed by atoms with van der Waals surface area (Å²) in [6.07, 6.45) is 5.64. The van der Waals surface area contributed by atoms with E-state index < -0.39 is 0 Å². The number of nitrogens with one attached hydrogen (secondary N) is 2. The molecule has 1 aromatic rings. The molecule has 2 aliphatic rings. The Kier molecular flexibility index (Phi) is 5.86. The van der Waals surface area contributed by atoms with Crippen molar-refractivity contribution < 1.29 is 9.53 Å². The van der Waals surface area contributed by atoms with E-state index in [0.717, 1.165) is 52.0 Å². The smallest absolute Gasteiger partial charge is 0.263 e. The fraction of sp³-hybridized carbons (Fsp3) is 0.722. The van der Waals surface area contributed by atoms with Crippen LogP contribution in [0, 0.1) is 12.8 Å². The lowest BCUT2D eigenvalue weighted by Gasteiger charge is -2.31. The van der Waals surface area contributed by atoms with Crippen molar-refractivity contribution in [2.45, 2.75) is 51.6 Å². The van der Waals surface area contributed by atoms with Crippen LogP contribution in [0.1, 0.15) is 48.8 Å². The zero-order chi connectivity index (χ0) is 17.8. The number of carbonyl (C=O) groups is 1. The summed E-state index contributed by atoms with van der Waals surface area (Å²) in [5.74, 6) is 0.611. The fourth-order valence-corrected chi connectivity index (χ4v) is 3.97. The van der Waals surface area contributed by atoms with Crippen LogP contribution in [-0.4, -0.2) is 59.2 Å². The largest absolute Gasteiger partial charge is 0.381 e. The minimum absolute atomic E-state index is 0.0796. The van der Waals surface area contributed by atoms with Crippen molar-refractivity contribution >= 4 is 5.91 Å². The average Bonchev–Trinajstić information content (AvgIpc) is 2.98. The normalized spacial score (nSPS) is 25.2. The molecule has 1 amide bonds. The monoisotopic (exact) mass is 348 g/mol. The fourth-order valence-electron chi connectivity index (χ4n) is 3.97. The molecule has 2 aliphatic heterocycles. The second kappa shape index (κ2) is 8.10.